The molecule has 0 unspecified atom stereocenters. The number of carbonyl (C=O) groups is 1. The molecule has 3 heteroatoms. The highest BCUT2D eigenvalue weighted by Crippen LogP contribution is 2.09. The summed E-state index contributed by atoms with van der Waals surface area (Å²) in [6, 6.07) is 4.52. The molecule has 64 valence electrons. The van der Waals surface area contributed by atoms with Crippen molar-refractivity contribution in [2.45, 2.75) is 13.5 Å². The molecule has 0 spiro atoms. The van der Waals surface area contributed by atoms with Crippen molar-refractivity contribution in [2.24, 2.45) is 0 Å². The number of hydrogen-bond acceptors (Lipinski definition) is 1. The van der Waals surface area contributed by atoms with Gasteiger partial charge in [0, 0.05) is 6.54 Å². The van der Waals surface area contributed by atoms with Gasteiger partial charge in [-0.2, -0.15) is 0 Å². The first kappa shape index (κ1) is 8.71. The molecule has 0 aliphatic rings. The van der Waals surface area contributed by atoms with E-state index in [1.807, 2.05) is 6.92 Å². The molecule has 1 aromatic rings. The number of halogens is 1. The quantitative estimate of drug-likeness (QED) is 0.677. The zero-order chi connectivity index (χ0) is 8.97. The highest BCUT2D eigenvalue weighted by atomic mass is 19.1. The van der Waals surface area contributed by atoms with Gasteiger partial charge in [0.1, 0.15) is 5.82 Å². The van der Waals surface area contributed by atoms with Crippen molar-refractivity contribution in [2.75, 3.05) is 0 Å². The second-order valence-electron chi connectivity index (χ2n) is 2.57. The van der Waals surface area contributed by atoms with Gasteiger partial charge >= 0.3 is 0 Å². The highest BCUT2D eigenvalue weighted by Gasteiger charge is 1.98. The van der Waals surface area contributed by atoms with E-state index >= 15 is 0 Å². The van der Waals surface area contributed by atoms with Crippen LogP contribution < -0.4 is 5.32 Å². The van der Waals surface area contributed by atoms with Crippen LogP contribution in [0.1, 0.15) is 11.1 Å². The van der Waals surface area contributed by atoms with Gasteiger partial charge in [0.05, 0.1) is 0 Å². The minimum atomic E-state index is -0.275. The maximum absolute atomic E-state index is 12.7. The maximum Gasteiger partial charge on any atom is 0.207 e. The zero-order valence-electron chi connectivity index (χ0n) is 6.80. The van der Waals surface area contributed by atoms with Crippen LogP contribution in [-0.2, 0) is 11.3 Å². The molecule has 1 amide bonds. The molecule has 0 atom stereocenters. The van der Waals surface area contributed by atoms with Gasteiger partial charge in [0.15, 0.2) is 0 Å². The van der Waals surface area contributed by atoms with E-state index in [0.717, 1.165) is 11.1 Å². The van der Waals surface area contributed by atoms with E-state index in [9.17, 15) is 9.18 Å². The highest BCUT2D eigenvalue weighted by molar-refractivity contribution is 5.46. The van der Waals surface area contributed by atoms with Gasteiger partial charge in [-0.15, -0.1) is 0 Å². The summed E-state index contributed by atoms with van der Waals surface area (Å²) in [5, 5.41) is 2.49. The van der Waals surface area contributed by atoms with Crippen molar-refractivity contribution in [3.63, 3.8) is 0 Å². The van der Waals surface area contributed by atoms with Crippen LogP contribution in [0.15, 0.2) is 18.2 Å². The number of nitrogens with one attached hydrogen (secondary N) is 1. The maximum atomic E-state index is 12.7. The van der Waals surface area contributed by atoms with Crippen LogP contribution in [0.3, 0.4) is 0 Å². The standard InChI is InChI=1S/C9H10FNO/c1-7-2-3-9(10)4-8(7)5-11-6-12/h2-4,6H,5H2,1H3,(H,11,12). The first-order chi connectivity index (χ1) is 5.74. The van der Waals surface area contributed by atoms with Crippen molar-refractivity contribution in [1.29, 1.82) is 0 Å². The molecule has 1 aromatic carbocycles. The number of benzene rings is 1. The Morgan fingerprint density at radius 3 is 3.00 bits per heavy atom. The molecule has 0 aromatic heterocycles. The van der Waals surface area contributed by atoms with Crippen LogP contribution in [-0.4, -0.2) is 6.41 Å². The largest absolute Gasteiger partial charge is 0.355 e. The van der Waals surface area contributed by atoms with Gasteiger partial charge in [0.2, 0.25) is 6.41 Å². The van der Waals surface area contributed by atoms with E-state index in [1.165, 1.54) is 12.1 Å². The molecule has 0 fully saturated rings. The van der Waals surface area contributed by atoms with Crippen molar-refractivity contribution < 1.29 is 9.18 Å². The summed E-state index contributed by atoms with van der Waals surface area (Å²) in [7, 11) is 0. The molecule has 1 N–H and O–H groups in total. The molecule has 0 bridgehead atoms. The third kappa shape index (κ3) is 2.05. The Morgan fingerprint density at radius 2 is 2.33 bits per heavy atom. The number of rotatable bonds is 3. The lowest BCUT2D eigenvalue weighted by Gasteiger charge is -2.03. The van der Waals surface area contributed by atoms with Gasteiger partial charge in [0.25, 0.3) is 0 Å². The molecule has 0 aliphatic carbocycles. The summed E-state index contributed by atoms with van der Waals surface area (Å²) in [6.45, 7) is 2.26. The van der Waals surface area contributed by atoms with Crippen LogP contribution >= 0.6 is 0 Å². The Morgan fingerprint density at radius 1 is 1.58 bits per heavy atom. The third-order valence-corrected chi connectivity index (χ3v) is 1.69. The smallest absolute Gasteiger partial charge is 0.207 e. The predicted molar refractivity (Wildman–Crippen MR) is 44.0 cm³/mol. The summed E-state index contributed by atoms with van der Waals surface area (Å²) in [4.78, 5) is 9.97. The molecular formula is C9H10FNO. The minimum Gasteiger partial charge on any atom is -0.355 e. The lowest BCUT2D eigenvalue weighted by molar-refractivity contribution is -0.109. The first-order valence-corrected chi connectivity index (χ1v) is 3.66. The second kappa shape index (κ2) is 3.85. The van der Waals surface area contributed by atoms with Crippen LogP contribution in [0.5, 0.6) is 0 Å². The lowest BCUT2D eigenvalue weighted by atomic mass is 10.1. The predicted octanol–water partition coefficient (Wildman–Crippen LogP) is 1.38. The zero-order valence-corrected chi connectivity index (χ0v) is 6.80. The summed E-state index contributed by atoms with van der Waals surface area (Å²) < 4.78 is 12.7. The van der Waals surface area contributed by atoms with Gasteiger partial charge in [-0.3, -0.25) is 4.79 Å². The van der Waals surface area contributed by atoms with Gasteiger partial charge in [-0.25, -0.2) is 4.39 Å². The molecule has 0 aliphatic heterocycles. The molecule has 0 saturated carbocycles. The van der Waals surface area contributed by atoms with Gasteiger partial charge in [-0.05, 0) is 30.2 Å². The molecule has 12 heavy (non-hydrogen) atoms. The van der Waals surface area contributed by atoms with Gasteiger partial charge < -0.3 is 5.32 Å². The van der Waals surface area contributed by atoms with Crippen molar-refractivity contribution in [1.82, 2.24) is 5.32 Å². The van der Waals surface area contributed by atoms with Gasteiger partial charge in [-0.1, -0.05) is 6.07 Å². The van der Waals surface area contributed by atoms with E-state index < -0.39 is 0 Å². The Labute approximate surface area is 70.4 Å². The van der Waals surface area contributed by atoms with Crippen molar-refractivity contribution in [3.05, 3.63) is 35.1 Å². The fourth-order valence-electron chi connectivity index (χ4n) is 0.982. The Kier molecular flexibility index (Phi) is 2.80. The first-order valence-electron chi connectivity index (χ1n) is 3.66. The second-order valence-corrected chi connectivity index (χ2v) is 2.57. The average Bonchev–Trinajstić information content (AvgIpc) is 2.07. The third-order valence-electron chi connectivity index (χ3n) is 1.69. The number of aryl methyl sites for hydroxylation is 1. The molecule has 0 heterocycles. The van der Waals surface area contributed by atoms with Crippen LogP contribution in [0.4, 0.5) is 4.39 Å². The van der Waals surface area contributed by atoms with E-state index in [4.69, 9.17) is 0 Å². The number of carbonyl (C=O) groups excluding carboxylic acids is 1. The van der Waals surface area contributed by atoms with E-state index in [-0.39, 0.29) is 5.82 Å². The number of amides is 1. The molecular weight excluding hydrogens is 157 g/mol. The topological polar surface area (TPSA) is 29.1 Å². The monoisotopic (exact) mass is 167 g/mol. The van der Waals surface area contributed by atoms with E-state index in [2.05, 4.69) is 5.32 Å². The molecule has 2 nitrogen and oxygen atoms in total. The summed E-state index contributed by atoms with van der Waals surface area (Å²) in [5.41, 5.74) is 1.79. The van der Waals surface area contributed by atoms with Crippen molar-refractivity contribution >= 4 is 6.41 Å². The van der Waals surface area contributed by atoms with E-state index in [0.29, 0.717) is 13.0 Å². The fourth-order valence-corrected chi connectivity index (χ4v) is 0.982. The Bertz CT molecular complexity index is 286. The lowest BCUT2D eigenvalue weighted by Crippen LogP contribution is -2.10. The van der Waals surface area contributed by atoms with Crippen molar-refractivity contribution in [3.8, 4) is 0 Å². The Balaban J connectivity index is 2.82. The number of hydrogen-bond donors (Lipinski definition) is 1. The van der Waals surface area contributed by atoms with Crippen LogP contribution in [0.25, 0.3) is 0 Å². The molecule has 0 saturated heterocycles. The molecule has 0 radical (unpaired) electrons. The Hall–Kier alpha value is -1.38. The average molecular weight is 167 g/mol. The van der Waals surface area contributed by atoms with Crippen LogP contribution in [0.2, 0.25) is 0 Å². The normalized spacial score (nSPS) is 9.50. The summed E-state index contributed by atoms with van der Waals surface area (Å²) >= 11 is 0. The molecule has 1 rings (SSSR count). The summed E-state index contributed by atoms with van der Waals surface area (Å²) in [5.74, 6) is -0.275. The summed E-state index contributed by atoms with van der Waals surface area (Å²) in [6.07, 6.45) is 0.602. The SMILES string of the molecule is Cc1ccc(F)cc1CNC=O. The fraction of sp³-hybridized carbons (Fsp3) is 0.222. The minimum absolute atomic E-state index is 0.275. The van der Waals surface area contributed by atoms with Crippen LogP contribution in [0, 0.1) is 12.7 Å². The van der Waals surface area contributed by atoms with E-state index in [1.54, 1.807) is 6.07 Å².